The molecule has 2 rings (SSSR count). The fourth-order valence-electron chi connectivity index (χ4n) is 7.78. The molecule has 374 valence electrons. The summed E-state index contributed by atoms with van der Waals surface area (Å²) in [5.41, 5.74) is 0. The molecule has 11 atom stereocenters. The van der Waals surface area contributed by atoms with E-state index in [1.54, 1.807) is 0 Å². The Balaban J connectivity index is 1.81. The Morgan fingerprint density at radius 3 is 1.47 bits per heavy atom. The van der Waals surface area contributed by atoms with Crippen molar-refractivity contribution in [3.8, 4) is 0 Å². The Morgan fingerprint density at radius 1 is 0.500 bits per heavy atom. The molecule has 11 unspecified atom stereocenters. The molecule has 0 aliphatic carbocycles. The number of esters is 2. The molecule has 0 aromatic carbocycles. The van der Waals surface area contributed by atoms with Gasteiger partial charge < -0.3 is 64.2 Å². The van der Waals surface area contributed by atoms with Crippen molar-refractivity contribution in [2.24, 2.45) is 0 Å². The van der Waals surface area contributed by atoms with Gasteiger partial charge in [0.25, 0.3) is 0 Å². The number of unbranched alkanes of at least 4 members (excludes halogenated alkanes) is 20. The van der Waals surface area contributed by atoms with E-state index in [4.69, 9.17) is 28.4 Å². The second-order valence-electron chi connectivity index (χ2n) is 17.6. The van der Waals surface area contributed by atoms with Crippen molar-refractivity contribution >= 4 is 11.9 Å². The van der Waals surface area contributed by atoms with Crippen molar-refractivity contribution in [2.75, 3.05) is 26.4 Å². The highest BCUT2D eigenvalue weighted by molar-refractivity contribution is 5.70. The number of aliphatic hydroxyl groups is 7. The third kappa shape index (κ3) is 25.2. The summed E-state index contributed by atoms with van der Waals surface area (Å²) in [6.45, 7) is 2.55. The molecule has 15 heteroatoms. The van der Waals surface area contributed by atoms with Crippen molar-refractivity contribution in [1.29, 1.82) is 0 Å². The van der Waals surface area contributed by atoms with Crippen LogP contribution in [-0.2, 0) is 38.0 Å². The summed E-state index contributed by atoms with van der Waals surface area (Å²) in [5, 5.41) is 71.9. The molecule has 0 amide bonds. The van der Waals surface area contributed by atoms with Crippen LogP contribution in [0, 0.1) is 0 Å². The van der Waals surface area contributed by atoms with Crippen LogP contribution >= 0.6 is 0 Å². The van der Waals surface area contributed by atoms with E-state index in [2.05, 4.69) is 38.2 Å². The van der Waals surface area contributed by atoms with E-state index in [-0.39, 0.29) is 26.1 Å². The molecule has 2 fully saturated rings. The Labute approximate surface area is 383 Å². The van der Waals surface area contributed by atoms with E-state index in [1.807, 2.05) is 0 Å². The molecular weight excluding hydrogens is 829 g/mol. The van der Waals surface area contributed by atoms with E-state index < -0.39 is 92.7 Å². The molecule has 0 aromatic rings. The van der Waals surface area contributed by atoms with Crippen molar-refractivity contribution in [1.82, 2.24) is 0 Å². The van der Waals surface area contributed by atoms with Gasteiger partial charge in [-0.2, -0.15) is 0 Å². The summed E-state index contributed by atoms with van der Waals surface area (Å²) >= 11 is 0. The maximum absolute atomic E-state index is 13.0. The molecular formula is C49H88O15. The summed E-state index contributed by atoms with van der Waals surface area (Å²) in [6, 6.07) is 0. The number of aliphatic hydroxyl groups excluding tert-OH is 7. The lowest BCUT2D eigenvalue weighted by molar-refractivity contribution is -0.332. The van der Waals surface area contributed by atoms with Gasteiger partial charge >= 0.3 is 11.9 Å². The van der Waals surface area contributed by atoms with Crippen LogP contribution < -0.4 is 0 Å². The zero-order valence-electron chi connectivity index (χ0n) is 39.3. The second-order valence-corrected chi connectivity index (χ2v) is 17.6. The first-order chi connectivity index (χ1) is 31.0. The van der Waals surface area contributed by atoms with Crippen LogP contribution in [0.15, 0.2) is 24.3 Å². The quantitative estimate of drug-likeness (QED) is 0.0203. The predicted molar refractivity (Wildman–Crippen MR) is 243 cm³/mol. The van der Waals surface area contributed by atoms with Crippen LogP contribution in [-0.4, -0.2) is 142 Å². The van der Waals surface area contributed by atoms with Gasteiger partial charge in [0.05, 0.1) is 19.8 Å². The molecule has 0 bridgehead atoms. The molecule has 0 aromatic heterocycles. The summed E-state index contributed by atoms with van der Waals surface area (Å²) in [6.07, 6.45) is 19.3. The third-order valence-electron chi connectivity index (χ3n) is 11.9. The van der Waals surface area contributed by atoms with E-state index in [0.717, 1.165) is 64.2 Å². The molecule has 0 radical (unpaired) electrons. The molecule has 2 aliphatic heterocycles. The Bertz CT molecular complexity index is 1220. The van der Waals surface area contributed by atoms with Crippen LogP contribution in [0.25, 0.3) is 0 Å². The number of carbonyl (C=O) groups excluding carboxylic acids is 2. The van der Waals surface area contributed by atoms with Gasteiger partial charge in [0, 0.05) is 12.8 Å². The minimum Gasteiger partial charge on any atom is -0.462 e. The van der Waals surface area contributed by atoms with Crippen LogP contribution in [0.5, 0.6) is 0 Å². The summed E-state index contributed by atoms with van der Waals surface area (Å²) in [5.74, 6) is -0.931. The first-order valence-electron chi connectivity index (χ1n) is 24.9. The van der Waals surface area contributed by atoms with E-state index in [9.17, 15) is 45.3 Å². The second kappa shape index (κ2) is 37.0. The SMILES string of the molecule is CCCCCC/C=C\C/C=C\CCCCCCCCCC(=O)OC(COC(=O)CCCCCCCCCCCC)COC1OC(COC2OC(CO)C(O)C(O)C2O)C(O)C(O)C1O. The number of hydrogen-bond donors (Lipinski definition) is 7. The number of carbonyl (C=O) groups is 2. The lowest BCUT2D eigenvalue weighted by atomic mass is 9.98. The van der Waals surface area contributed by atoms with E-state index in [0.29, 0.717) is 12.8 Å². The minimum atomic E-state index is -1.76. The smallest absolute Gasteiger partial charge is 0.306 e. The third-order valence-corrected chi connectivity index (χ3v) is 11.9. The molecule has 2 heterocycles. The van der Waals surface area contributed by atoms with E-state index >= 15 is 0 Å². The van der Waals surface area contributed by atoms with E-state index in [1.165, 1.54) is 77.0 Å². The monoisotopic (exact) mass is 917 g/mol. The molecule has 7 N–H and O–H groups in total. The van der Waals surface area contributed by atoms with Crippen molar-refractivity contribution in [3.05, 3.63) is 24.3 Å². The Kier molecular flexibility index (Phi) is 33.6. The van der Waals surface area contributed by atoms with Crippen LogP contribution in [0.2, 0.25) is 0 Å². The Hall–Kier alpha value is -2.02. The standard InChI is InChI=1S/C49H88O15/c1-3-5-7-9-11-13-15-16-17-18-19-20-21-22-24-26-28-30-32-41(52)62-37(34-59-40(51)31-29-27-25-23-14-12-10-8-6-4-2)35-60-48-47(58)45(56)43(54)39(64-48)36-61-49-46(57)44(55)42(53)38(33-50)63-49/h13,15,17-18,37-39,42-50,53-58H,3-12,14,16,19-36H2,1-2H3/b15-13-,18-17-. The van der Waals surface area contributed by atoms with Gasteiger partial charge in [-0.3, -0.25) is 9.59 Å². The van der Waals surface area contributed by atoms with Gasteiger partial charge in [-0.1, -0.05) is 147 Å². The van der Waals surface area contributed by atoms with Gasteiger partial charge in [0.15, 0.2) is 18.7 Å². The fraction of sp³-hybridized carbons (Fsp3) is 0.878. The number of allylic oxidation sites excluding steroid dienone is 4. The normalized spacial score (nSPS) is 26.8. The van der Waals surface area contributed by atoms with Crippen molar-refractivity contribution in [2.45, 2.75) is 248 Å². The molecule has 2 aliphatic rings. The largest absolute Gasteiger partial charge is 0.462 e. The maximum atomic E-state index is 13.0. The predicted octanol–water partition coefficient (Wildman–Crippen LogP) is 6.38. The summed E-state index contributed by atoms with van der Waals surface area (Å²) in [7, 11) is 0. The highest BCUT2D eigenvalue weighted by Crippen LogP contribution is 2.26. The zero-order chi connectivity index (χ0) is 46.8. The van der Waals surface area contributed by atoms with Crippen molar-refractivity contribution in [3.63, 3.8) is 0 Å². The summed E-state index contributed by atoms with van der Waals surface area (Å²) in [4.78, 5) is 25.7. The van der Waals surface area contributed by atoms with Crippen LogP contribution in [0.4, 0.5) is 0 Å². The summed E-state index contributed by atoms with van der Waals surface area (Å²) < 4.78 is 33.5. The average molecular weight is 917 g/mol. The van der Waals surface area contributed by atoms with Gasteiger partial charge in [-0.15, -0.1) is 0 Å². The highest BCUT2D eigenvalue weighted by Gasteiger charge is 2.47. The molecule has 15 nitrogen and oxygen atoms in total. The number of hydrogen-bond acceptors (Lipinski definition) is 15. The average Bonchev–Trinajstić information content (AvgIpc) is 3.29. The molecule has 0 spiro atoms. The lowest BCUT2D eigenvalue weighted by Crippen LogP contribution is -2.61. The highest BCUT2D eigenvalue weighted by atomic mass is 16.7. The van der Waals surface area contributed by atoms with Gasteiger partial charge in [0.2, 0.25) is 0 Å². The number of ether oxygens (including phenoxy) is 6. The van der Waals surface area contributed by atoms with Gasteiger partial charge in [0.1, 0.15) is 55.4 Å². The van der Waals surface area contributed by atoms with Gasteiger partial charge in [-0.25, -0.2) is 0 Å². The fourth-order valence-corrected chi connectivity index (χ4v) is 7.78. The maximum Gasteiger partial charge on any atom is 0.306 e. The Morgan fingerprint density at radius 2 is 0.938 bits per heavy atom. The molecule has 0 saturated carbocycles. The van der Waals surface area contributed by atoms with Crippen LogP contribution in [0.3, 0.4) is 0 Å². The molecule has 64 heavy (non-hydrogen) atoms. The zero-order valence-corrected chi connectivity index (χ0v) is 39.3. The topological polar surface area (TPSA) is 231 Å². The van der Waals surface area contributed by atoms with Crippen LogP contribution in [0.1, 0.15) is 181 Å². The minimum absolute atomic E-state index is 0.159. The first-order valence-corrected chi connectivity index (χ1v) is 24.9. The molecule has 2 saturated heterocycles. The lowest BCUT2D eigenvalue weighted by Gasteiger charge is -2.42. The number of rotatable bonds is 38. The van der Waals surface area contributed by atoms with Crippen molar-refractivity contribution < 1.29 is 73.8 Å². The van der Waals surface area contributed by atoms with Gasteiger partial charge in [-0.05, 0) is 44.9 Å². The first kappa shape index (κ1) is 58.1.